The Morgan fingerprint density at radius 1 is 0.900 bits per heavy atom. The Bertz CT molecular complexity index is 2900. The number of piperazine rings is 1. The standard InChI is InChI=1S/C54H65BrN9O5P/c1-6-35-10-12-38-42(57-35)14-15-43(49(38)70(68)27-7-8-28-70)58-51-41(55)32-56-53(61-51)59-44-29-33(2)45(31-46(44)69-5)64-21-18-36(19-22-64)63-25-23-62(24-26-63)20-17-34-9-11-37-40(30-34)54(3,4)50(66)48(37)39-13-16-47(65)60-52(39)67/h9-12,14-15,29-32,36,39,48H,6-8,13,16-28H2,1-5H3,(H,60,65,67)(H2,56,58,59,61). The topological polar surface area (TPSA) is 162 Å². The summed E-state index contributed by atoms with van der Waals surface area (Å²) in [6.45, 7) is 15.2. The Hall–Kier alpha value is -5.21. The number of aromatic nitrogens is 3. The number of nitrogens with one attached hydrogen (secondary N) is 3. The van der Waals surface area contributed by atoms with Crippen molar-refractivity contribution >= 4 is 85.7 Å². The number of rotatable bonds is 13. The van der Waals surface area contributed by atoms with E-state index >= 15 is 0 Å². The number of halogens is 1. The summed E-state index contributed by atoms with van der Waals surface area (Å²) in [5, 5.41) is 11.2. The first-order valence-electron chi connectivity index (χ1n) is 25.2. The van der Waals surface area contributed by atoms with E-state index in [-0.39, 0.29) is 24.0 Å². The van der Waals surface area contributed by atoms with Crippen molar-refractivity contribution in [3.63, 3.8) is 0 Å². The summed E-state index contributed by atoms with van der Waals surface area (Å²) in [7, 11) is -0.944. The number of carbonyl (C=O) groups excluding carboxylic acids is 3. The van der Waals surface area contributed by atoms with Gasteiger partial charge < -0.3 is 29.7 Å². The van der Waals surface area contributed by atoms with Crippen molar-refractivity contribution in [2.24, 2.45) is 5.92 Å². The van der Waals surface area contributed by atoms with Crippen molar-refractivity contribution in [3.8, 4) is 5.75 Å². The molecule has 5 aliphatic rings. The van der Waals surface area contributed by atoms with Gasteiger partial charge in [0.1, 0.15) is 18.7 Å². The van der Waals surface area contributed by atoms with Crippen LogP contribution in [0, 0.1) is 12.8 Å². The molecule has 0 saturated carbocycles. The maximum Gasteiger partial charge on any atom is 0.230 e. The van der Waals surface area contributed by atoms with E-state index < -0.39 is 24.4 Å². The van der Waals surface area contributed by atoms with E-state index in [4.69, 9.17) is 14.7 Å². The highest BCUT2D eigenvalue weighted by Crippen LogP contribution is 2.54. The van der Waals surface area contributed by atoms with Crippen LogP contribution in [-0.2, 0) is 37.2 Å². The number of imide groups is 1. The molecule has 1 aliphatic carbocycles. The van der Waals surface area contributed by atoms with Crippen LogP contribution in [0.5, 0.6) is 5.75 Å². The minimum absolute atomic E-state index is 0.0736. The summed E-state index contributed by atoms with van der Waals surface area (Å²) in [5.74, 6) is 0.191. The largest absolute Gasteiger partial charge is 0.494 e. The van der Waals surface area contributed by atoms with Crippen molar-refractivity contribution < 1.29 is 23.7 Å². The average molecular weight is 1030 g/mol. The molecule has 4 saturated heterocycles. The fourth-order valence-corrected chi connectivity index (χ4v) is 15.5. The Morgan fingerprint density at radius 2 is 1.67 bits per heavy atom. The molecule has 16 heteroatoms. The van der Waals surface area contributed by atoms with Crippen molar-refractivity contribution in [3.05, 3.63) is 93.2 Å². The second kappa shape index (κ2) is 19.8. The fraction of sp³-hybridized carbons (Fsp3) is 0.481. The van der Waals surface area contributed by atoms with Crippen LogP contribution < -0.4 is 30.9 Å². The zero-order valence-corrected chi connectivity index (χ0v) is 43.6. The minimum Gasteiger partial charge on any atom is -0.494 e. The molecule has 2 atom stereocenters. The molecule has 14 nitrogen and oxygen atoms in total. The normalized spacial score (nSPS) is 21.8. The Balaban J connectivity index is 0.744. The zero-order chi connectivity index (χ0) is 48.9. The molecule has 4 fully saturated rings. The van der Waals surface area contributed by atoms with E-state index in [0.717, 1.165) is 134 Å². The minimum atomic E-state index is -2.64. The Labute approximate surface area is 419 Å². The van der Waals surface area contributed by atoms with Crippen molar-refractivity contribution in [1.82, 2.24) is 30.1 Å². The van der Waals surface area contributed by atoms with Gasteiger partial charge >= 0.3 is 0 Å². The molecule has 70 heavy (non-hydrogen) atoms. The molecule has 0 spiro atoms. The summed E-state index contributed by atoms with van der Waals surface area (Å²) in [5.41, 5.74) is 8.27. The zero-order valence-electron chi connectivity index (χ0n) is 41.1. The Kier molecular flexibility index (Phi) is 13.7. The number of piperidine rings is 2. The first kappa shape index (κ1) is 48.4. The third-order valence-electron chi connectivity index (χ3n) is 15.9. The van der Waals surface area contributed by atoms with E-state index in [1.54, 1.807) is 13.3 Å². The van der Waals surface area contributed by atoms with Crippen LogP contribution in [0.2, 0.25) is 0 Å². The molecule has 3 aromatic carbocycles. The average Bonchev–Trinajstić information content (AvgIpc) is 3.89. The van der Waals surface area contributed by atoms with E-state index in [1.807, 2.05) is 32.0 Å². The van der Waals surface area contributed by atoms with Crippen LogP contribution >= 0.6 is 23.1 Å². The number of benzene rings is 3. The molecule has 2 unspecified atom stereocenters. The van der Waals surface area contributed by atoms with E-state index in [1.165, 1.54) is 11.3 Å². The lowest BCUT2D eigenvalue weighted by molar-refractivity contribution is -0.140. The molecule has 0 bridgehead atoms. The number of pyridine rings is 1. The number of Topliss-reactive ketones (excluding diaryl/α,β-unsaturated/α-hetero) is 1. The van der Waals surface area contributed by atoms with Crippen LogP contribution in [0.25, 0.3) is 10.9 Å². The van der Waals surface area contributed by atoms with E-state index in [2.05, 4.69) is 102 Å². The number of ether oxygens (including phenoxy) is 1. The summed E-state index contributed by atoms with van der Waals surface area (Å²) in [6.07, 6.45) is 9.67. The lowest BCUT2D eigenvalue weighted by atomic mass is 9.78. The van der Waals surface area contributed by atoms with Crippen molar-refractivity contribution in [1.29, 1.82) is 0 Å². The molecule has 368 valence electrons. The molecule has 2 aromatic heterocycles. The number of fused-ring (bicyclic) bond motifs is 2. The second-order valence-electron chi connectivity index (χ2n) is 20.5. The highest BCUT2D eigenvalue weighted by molar-refractivity contribution is 9.10. The van der Waals surface area contributed by atoms with Gasteiger partial charge in [0.2, 0.25) is 17.8 Å². The summed E-state index contributed by atoms with van der Waals surface area (Å²) in [4.78, 5) is 60.5. The molecule has 5 aromatic rings. The number of carbonyl (C=O) groups is 3. The highest BCUT2D eigenvalue weighted by atomic mass is 79.9. The third-order valence-corrected chi connectivity index (χ3v) is 19.8. The van der Waals surface area contributed by atoms with Crippen LogP contribution in [0.4, 0.5) is 28.8 Å². The quantitative estimate of drug-likeness (QED) is 0.0759. The molecular weight excluding hydrogens is 966 g/mol. The SMILES string of the molecule is CCc1ccc2c(P3(=O)CCCC3)c(Nc3nc(Nc4cc(C)c(N5CCC(N6CCN(CCc7ccc8c(c7)C(C)(C)C(=O)C8C7CCC(=O)NC7=O)CC6)CC5)cc4OC)ncc3Br)ccc2n1. The molecule has 2 amide bonds. The molecule has 0 radical (unpaired) electrons. The van der Waals surface area contributed by atoms with Crippen LogP contribution in [-0.4, -0.2) is 114 Å². The number of nitrogens with zero attached hydrogens (tertiary/aromatic N) is 6. The molecular formula is C54H65BrN9O5P. The molecule has 3 N–H and O–H groups in total. The van der Waals surface area contributed by atoms with E-state index in [9.17, 15) is 18.9 Å². The number of hydrogen-bond acceptors (Lipinski definition) is 13. The predicted molar refractivity (Wildman–Crippen MR) is 281 cm³/mol. The fourth-order valence-electron chi connectivity index (χ4n) is 11.9. The van der Waals surface area contributed by atoms with Gasteiger partial charge in [-0.05, 0) is 128 Å². The van der Waals surface area contributed by atoms with Gasteiger partial charge in [0.15, 0.2) is 5.78 Å². The summed E-state index contributed by atoms with van der Waals surface area (Å²) < 4.78 is 21.2. The summed E-state index contributed by atoms with van der Waals surface area (Å²) >= 11 is 3.67. The highest BCUT2D eigenvalue weighted by Gasteiger charge is 2.51. The van der Waals surface area contributed by atoms with Gasteiger partial charge in [0, 0.05) is 110 Å². The van der Waals surface area contributed by atoms with Crippen LogP contribution in [0.1, 0.15) is 93.2 Å². The monoisotopic (exact) mass is 1030 g/mol. The molecule has 6 heterocycles. The molecule has 10 rings (SSSR count). The van der Waals surface area contributed by atoms with Gasteiger partial charge in [-0.2, -0.15) is 4.98 Å². The van der Waals surface area contributed by atoms with Crippen LogP contribution in [0.15, 0.2) is 65.3 Å². The smallest absolute Gasteiger partial charge is 0.230 e. The lowest BCUT2D eigenvalue weighted by Crippen LogP contribution is -2.53. The van der Waals surface area contributed by atoms with Gasteiger partial charge in [-0.1, -0.05) is 31.2 Å². The number of amides is 2. The van der Waals surface area contributed by atoms with Gasteiger partial charge in [-0.3, -0.25) is 29.6 Å². The predicted octanol–water partition coefficient (Wildman–Crippen LogP) is 8.76. The van der Waals surface area contributed by atoms with Crippen molar-refractivity contribution in [2.75, 3.05) is 80.8 Å². The van der Waals surface area contributed by atoms with Crippen molar-refractivity contribution in [2.45, 2.75) is 96.4 Å². The Morgan fingerprint density at radius 3 is 2.40 bits per heavy atom. The van der Waals surface area contributed by atoms with Gasteiger partial charge in [-0.15, -0.1) is 0 Å². The second-order valence-corrected chi connectivity index (χ2v) is 24.5. The first-order chi connectivity index (χ1) is 33.7. The van der Waals surface area contributed by atoms with Gasteiger partial charge in [0.25, 0.3) is 0 Å². The maximum atomic E-state index is 14.5. The maximum absolute atomic E-state index is 14.5. The first-order valence-corrected chi connectivity index (χ1v) is 28.1. The number of ketones is 1. The van der Waals surface area contributed by atoms with Crippen LogP contribution in [0.3, 0.4) is 0 Å². The van der Waals surface area contributed by atoms with E-state index in [0.29, 0.717) is 46.8 Å². The number of methoxy groups -OCH3 is 1. The molecule has 4 aliphatic heterocycles. The third kappa shape index (κ3) is 9.39. The van der Waals surface area contributed by atoms with Gasteiger partial charge in [0.05, 0.1) is 40.3 Å². The number of hydrogen-bond donors (Lipinski definition) is 3. The number of anilines is 5. The lowest BCUT2D eigenvalue weighted by Gasteiger charge is -2.43. The van der Waals surface area contributed by atoms with Gasteiger partial charge in [-0.25, -0.2) is 4.98 Å². The number of aryl methyl sites for hydroxylation is 2. The summed E-state index contributed by atoms with van der Waals surface area (Å²) in [6, 6.07) is 19.3.